The third-order valence-corrected chi connectivity index (χ3v) is 2.87. The predicted molar refractivity (Wildman–Crippen MR) is 69.3 cm³/mol. The second-order valence-corrected chi connectivity index (χ2v) is 5.09. The number of rotatable bonds is 1. The second-order valence-electron chi connectivity index (χ2n) is 5.09. The summed E-state index contributed by atoms with van der Waals surface area (Å²) in [6, 6.07) is 1.58. The Morgan fingerprint density at radius 3 is 2.89 bits per heavy atom. The van der Waals surface area contributed by atoms with E-state index in [9.17, 15) is 4.79 Å². The lowest BCUT2D eigenvalue weighted by Gasteiger charge is -2.29. The predicted octanol–water partition coefficient (Wildman–Crippen LogP) is 1.08. The number of carbonyl (C=O) groups excluding carboxylic acids is 1. The first kappa shape index (κ1) is 12.8. The Hall–Kier alpha value is -1.69. The molecule has 0 aromatic carbocycles. The molecule has 2 N–H and O–H groups in total. The van der Waals surface area contributed by atoms with Crippen molar-refractivity contribution in [3.05, 3.63) is 18.5 Å². The van der Waals surface area contributed by atoms with Gasteiger partial charge in [-0.05, 0) is 32.9 Å². The molecule has 1 aromatic heterocycles. The van der Waals surface area contributed by atoms with Crippen LogP contribution in [0.3, 0.4) is 0 Å². The summed E-state index contributed by atoms with van der Waals surface area (Å²) in [7, 11) is 0. The molecule has 1 saturated heterocycles. The van der Waals surface area contributed by atoms with Crippen LogP contribution in [-0.2, 0) is 0 Å². The average molecular weight is 249 g/mol. The molecule has 18 heavy (non-hydrogen) atoms. The molecule has 0 atom stereocenters. The lowest BCUT2D eigenvalue weighted by molar-refractivity contribution is 0.201. The number of nitrogens with one attached hydrogen (secondary N) is 2. The van der Waals surface area contributed by atoms with Crippen molar-refractivity contribution < 1.29 is 4.79 Å². The van der Waals surface area contributed by atoms with E-state index in [-0.39, 0.29) is 11.6 Å². The number of nitrogens with zero attached hydrogens (tertiary/aromatic N) is 3. The molecule has 1 aromatic rings. The Balaban J connectivity index is 2.00. The van der Waals surface area contributed by atoms with Gasteiger partial charge >= 0.3 is 6.03 Å². The van der Waals surface area contributed by atoms with Crippen LogP contribution in [0.1, 0.15) is 20.3 Å². The minimum Gasteiger partial charge on any atom is -0.323 e. The van der Waals surface area contributed by atoms with E-state index in [2.05, 4.69) is 34.4 Å². The molecule has 2 heterocycles. The number of urea groups is 1. The van der Waals surface area contributed by atoms with Crippen LogP contribution in [0.4, 0.5) is 10.7 Å². The van der Waals surface area contributed by atoms with Crippen LogP contribution in [0.5, 0.6) is 0 Å². The quantitative estimate of drug-likeness (QED) is 0.781. The van der Waals surface area contributed by atoms with Crippen molar-refractivity contribution in [1.29, 1.82) is 0 Å². The van der Waals surface area contributed by atoms with Gasteiger partial charge in [-0.15, -0.1) is 0 Å². The number of anilines is 1. The summed E-state index contributed by atoms with van der Waals surface area (Å²) in [4.78, 5) is 21.9. The van der Waals surface area contributed by atoms with Crippen molar-refractivity contribution in [2.45, 2.75) is 25.8 Å². The van der Waals surface area contributed by atoms with E-state index < -0.39 is 0 Å². The van der Waals surface area contributed by atoms with E-state index in [1.807, 2.05) is 0 Å². The third kappa shape index (κ3) is 3.40. The van der Waals surface area contributed by atoms with Crippen LogP contribution < -0.4 is 10.6 Å². The van der Waals surface area contributed by atoms with Crippen molar-refractivity contribution in [3.63, 3.8) is 0 Å². The Labute approximate surface area is 107 Å². The Bertz CT molecular complexity index is 406. The molecule has 0 bridgehead atoms. The Morgan fingerprint density at radius 1 is 1.44 bits per heavy atom. The molecule has 1 fully saturated rings. The standard InChI is InChI=1S/C12H19N5O/c1-12(2)9-17(8-4-7-15-12)11(18)16-10-13-5-3-6-14-10/h3,5-6,15H,4,7-9H2,1-2H3,(H,13,14,16,18). The topological polar surface area (TPSA) is 70.2 Å². The van der Waals surface area contributed by atoms with E-state index in [0.717, 1.165) is 19.5 Å². The monoisotopic (exact) mass is 249 g/mol. The van der Waals surface area contributed by atoms with Gasteiger partial charge in [0, 0.05) is 31.0 Å². The number of carbonyl (C=O) groups is 1. The highest BCUT2D eigenvalue weighted by Crippen LogP contribution is 2.11. The maximum Gasteiger partial charge on any atom is 0.324 e. The van der Waals surface area contributed by atoms with Crippen LogP contribution in [0.2, 0.25) is 0 Å². The van der Waals surface area contributed by atoms with Crippen molar-refractivity contribution in [2.24, 2.45) is 0 Å². The lowest BCUT2D eigenvalue weighted by Crippen LogP contribution is -2.49. The normalized spacial score (nSPS) is 19.1. The molecule has 98 valence electrons. The van der Waals surface area contributed by atoms with Gasteiger partial charge in [-0.25, -0.2) is 14.8 Å². The molecule has 6 nitrogen and oxygen atoms in total. The number of hydrogen-bond donors (Lipinski definition) is 2. The fourth-order valence-electron chi connectivity index (χ4n) is 2.02. The molecule has 0 aliphatic carbocycles. The maximum absolute atomic E-state index is 12.1. The van der Waals surface area contributed by atoms with Gasteiger partial charge in [-0.2, -0.15) is 0 Å². The highest BCUT2D eigenvalue weighted by molar-refractivity contribution is 5.87. The largest absolute Gasteiger partial charge is 0.324 e. The zero-order valence-corrected chi connectivity index (χ0v) is 10.8. The van der Waals surface area contributed by atoms with Crippen molar-refractivity contribution in [3.8, 4) is 0 Å². The van der Waals surface area contributed by atoms with Gasteiger partial charge in [0.2, 0.25) is 5.95 Å². The van der Waals surface area contributed by atoms with E-state index in [0.29, 0.717) is 12.5 Å². The first-order chi connectivity index (χ1) is 8.57. The van der Waals surface area contributed by atoms with Crippen LogP contribution in [-0.4, -0.2) is 46.1 Å². The third-order valence-electron chi connectivity index (χ3n) is 2.87. The van der Waals surface area contributed by atoms with Crippen LogP contribution in [0.15, 0.2) is 18.5 Å². The molecule has 0 spiro atoms. The minimum absolute atomic E-state index is 0.0641. The van der Waals surface area contributed by atoms with Gasteiger partial charge in [0.15, 0.2) is 0 Å². The van der Waals surface area contributed by atoms with E-state index in [1.54, 1.807) is 23.4 Å². The maximum atomic E-state index is 12.1. The molecular weight excluding hydrogens is 230 g/mol. The molecular formula is C12H19N5O. The minimum atomic E-state index is -0.141. The van der Waals surface area contributed by atoms with Gasteiger partial charge in [0.1, 0.15) is 0 Å². The van der Waals surface area contributed by atoms with Crippen LogP contribution in [0.25, 0.3) is 0 Å². The fourth-order valence-corrected chi connectivity index (χ4v) is 2.02. The SMILES string of the molecule is CC1(C)CN(C(=O)Nc2ncccn2)CCCN1. The fraction of sp³-hybridized carbons (Fsp3) is 0.583. The van der Waals surface area contributed by atoms with E-state index in [1.165, 1.54) is 0 Å². The zero-order valence-electron chi connectivity index (χ0n) is 10.8. The average Bonchev–Trinajstić information content (AvgIpc) is 2.51. The number of amides is 2. The first-order valence-electron chi connectivity index (χ1n) is 6.15. The Kier molecular flexibility index (Phi) is 3.76. The van der Waals surface area contributed by atoms with E-state index >= 15 is 0 Å². The summed E-state index contributed by atoms with van der Waals surface area (Å²) in [5.41, 5.74) is -0.0641. The van der Waals surface area contributed by atoms with Crippen molar-refractivity contribution in [2.75, 3.05) is 25.0 Å². The summed E-state index contributed by atoms with van der Waals surface area (Å²) >= 11 is 0. The van der Waals surface area contributed by atoms with Crippen LogP contribution in [0, 0.1) is 0 Å². The summed E-state index contributed by atoms with van der Waals surface area (Å²) < 4.78 is 0. The van der Waals surface area contributed by atoms with Gasteiger partial charge < -0.3 is 10.2 Å². The summed E-state index contributed by atoms with van der Waals surface area (Å²) in [6.07, 6.45) is 4.17. The lowest BCUT2D eigenvalue weighted by atomic mass is 10.1. The van der Waals surface area contributed by atoms with Gasteiger partial charge in [0.05, 0.1) is 0 Å². The summed E-state index contributed by atoms with van der Waals surface area (Å²) in [6.45, 7) is 6.54. The van der Waals surface area contributed by atoms with E-state index in [4.69, 9.17) is 0 Å². The number of hydrogen-bond acceptors (Lipinski definition) is 4. The molecule has 1 aliphatic heterocycles. The van der Waals surface area contributed by atoms with Gasteiger partial charge in [-0.3, -0.25) is 5.32 Å². The number of aromatic nitrogens is 2. The molecule has 6 heteroatoms. The van der Waals surface area contributed by atoms with Crippen molar-refractivity contribution in [1.82, 2.24) is 20.2 Å². The molecule has 0 saturated carbocycles. The van der Waals surface area contributed by atoms with Crippen molar-refractivity contribution >= 4 is 12.0 Å². The molecule has 0 radical (unpaired) electrons. The highest BCUT2D eigenvalue weighted by atomic mass is 16.2. The molecule has 0 unspecified atom stereocenters. The van der Waals surface area contributed by atoms with Crippen LogP contribution >= 0.6 is 0 Å². The second kappa shape index (κ2) is 5.30. The molecule has 2 rings (SSSR count). The first-order valence-corrected chi connectivity index (χ1v) is 6.15. The van der Waals surface area contributed by atoms with Gasteiger partial charge in [-0.1, -0.05) is 0 Å². The summed E-state index contributed by atoms with van der Waals surface area (Å²) in [5.74, 6) is 0.345. The summed E-state index contributed by atoms with van der Waals surface area (Å²) in [5, 5.41) is 6.13. The zero-order chi connectivity index (χ0) is 13.0. The smallest absolute Gasteiger partial charge is 0.323 e. The van der Waals surface area contributed by atoms with Gasteiger partial charge in [0.25, 0.3) is 0 Å². The highest BCUT2D eigenvalue weighted by Gasteiger charge is 2.27. The Morgan fingerprint density at radius 2 is 2.17 bits per heavy atom. The molecule has 2 amide bonds. The molecule has 1 aliphatic rings.